The maximum absolute atomic E-state index is 14.6. The monoisotopic (exact) mass is 496 g/mol. The summed E-state index contributed by atoms with van der Waals surface area (Å²) in [5.74, 6) is 0.0253. The lowest BCUT2D eigenvalue weighted by Gasteiger charge is -2.33. The van der Waals surface area contributed by atoms with Crippen molar-refractivity contribution < 1.29 is 26.9 Å². The quantitative estimate of drug-likeness (QED) is 0.480. The SMILES string of the molecule is CN1CC[C@@H](Nc2cncc3c(CC(F)(F)F)c(-c4noc(CNC(=O)C5CC5)n4)nn23)[C@@H](F)C1. The molecule has 188 valence electrons. The molecular formula is C21H24F4N8O2. The van der Waals surface area contributed by atoms with Crippen LogP contribution in [0.15, 0.2) is 16.9 Å². The minimum absolute atomic E-state index is 0.0128. The van der Waals surface area contributed by atoms with Crippen LogP contribution in [0.25, 0.3) is 17.0 Å². The van der Waals surface area contributed by atoms with Crippen molar-refractivity contribution in [2.45, 2.75) is 50.6 Å². The smallest absolute Gasteiger partial charge is 0.363 e. The summed E-state index contributed by atoms with van der Waals surface area (Å²) in [6.07, 6.45) is -2.17. The van der Waals surface area contributed by atoms with Gasteiger partial charge in [-0.1, -0.05) is 5.16 Å². The zero-order chi connectivity index (χ0) is 24.7. The average Bonchev–Trinajstić information content (AvgIpc) is 3.44. The number of alkyl halides is 4. The van der Waals surface area contributed by atoms with Crippen LogP contribution in [0.2, 0.25) is 0 Å². The molecule has 1 saturated heterocycles. The predicted molar refractivity (Wildman–Crippen MR) is 115 cm³/mol. The van der Waals surface area contributed by atoms with E-state index in [4.69, 9.17) is 4.52 Å². The summed E-state index contributed by atoms with van der Waals surface area (Å²) < 4.78 is 61.4. The van der Waals surface area contributed by atoms with Crippen molar-refractivity contribution in [3.8, 4) is 11.5 Å². The molecule has 10 nitrogen and oxygen atoms in total. The summed E-state index contributed by atoms with van der Waals surface area (Å²) >= 11 is 0. The first-order valence-electron chi connectivity index (χ1n) is 11.3. The van der Waals surface area contributed by atoms with Gasteiger partial charge in [-0.25, -0.2) is 8.91 Å². The molecule has 0 aromatic carbocycles. The molecule has 0 bridgehead atoms. The Labute approximate surface area is 197 Å². The Morgan fingerprint density at radius 2 is 2.06 bits per heavy atom. The zero-order valence-electron chi connectivity index (χ0n) is 18.8. The van der Waals surface area contributed by atoms with Gasteiger partial charge in [0.1, 0.15) is 17.7 Å². The van der Waals surface area contributed by atoms with Crippen LogP contribution >= 0.6 is 0 Å². The van der Waals surface area contributed by atoms with Gasteiger partial charge >= 0.3 is 6.18 Å². The number of likely N-dealkylation sites (tertiary alicyclic amines) is 1. The summed E-state index contributed by atoms with van der Waals surface area (Å²) in [6, 6.07) is -0.538. The molecule has 2 N–H and O–H groups in total. The van der Waals surface area contributed by atoms with Crippen molar-refractivity contribution in [2.75, 3.05) is 25.5 Å². The molecule has 2 aliphatic rings. The van der Waals surface area contributed by atoms with E-state index in [0.29, 0.717) is 13.0 Å². The van der Waals surface area contributed by atoms with Crippen LogP contribution < -0.4 is 10.6 Å². The van der Waals surface area contributed by atoms with Gasteiger partial charge < -0.3 is 20.1 Å². The Balaban J connectivity index is 1.46. The molecule has 2 atom stereocenters. The maximum atomic E-state index is 14.6. The second-order valence-electron chi connectivity index (χ2n) is 9.03. The maximum Gasteiger partial charge on any atom is 0.393 e. The number of halogens is 4. The van der Waals surface area contributed by atoms with E-state index in [2.05, 4.69) is 30.9 Å². The van der Waals surface area contributed by atoms with Crippen LogP contribution in [-0.4, -0.2) is 74.1 Å². The molecular weight excluding hydrogens is 472 g/mol. The number of hydrogen-bond donors (Lipinski definition) is 2. The Bertz CT molecular complexity index is 1220. The van der Waals surface area contributed by atoms with Crippen molar-refractivity contribution in [1.29, 1.82) is 0 Å². The molecule has 3 aromatic rings. The highest BCUT2D eigenvalue weighted by atomic mass is 19.4. The van der Waals surface area contributed by atoms with E-state index in [9.17, 15) is 22.4 Å². The number of amides is 1. The van der Waals surface area contributed by atoms with Crippen LogP contribution in [0.3, 0.4) is 0 Å². The van der Waals surface area contributed by atoms with Crippen LogP contribution in [0.4, 0.5) is 23.4 Å². The number of aromatic nitrogens is 5. The molecule has 1 saturated carbocycles. The normalized spacial score (nSPS) is 21.4. The topological polar surface area (TPSA) is 113 Å². The van der Waals surface area contributed by atoms with Crippen molar-refractivity contribution >= 4 is 17.2 Å². The Morgan fingerprint density at radius 1 is 1.26 bits per heavy atom. The standard InChI is InChI=1S/C21H24F4N8O2/c1-32-5-4-14(13(22)10-32)28-16-8-26-7-15-12(6-21(23,24)25)18(30-33(15)16)19-29-17(35-31-19)9-27-20(34)11-2-3-11/h7-8,11,13-14,28H,2-6,9-10H2,1H3,(H,27,34)/t13-,14+/m0/s1. The molecule has 4 heterocycles. The molecule has 1 aliphatic carbocycles. The second kappa shape index (κ2) is 9.06. The number of carbonyl (C=O) groups is 1. The lowest BCUT2D eigenvalue weighted by molar-refractivity contribution is -0.127. The van der Waals surface area contributed by atoms with Gasteiger partial charge in [-0.2, -0.15) is 23.3 Å². The van der Waals surface area contributed by atoms with Gasteiger partial charge in [0.2, 0.25) is 17.6 Å². The van der Waals surface area contributed by atoms with Gasteiger partial charge in [-0.3, -0.25) is 9.78 Å². The summed E-state index contributed by atoms with van der Waals surface area (Å²) in [5, 5.41) is 13.8. The molecule has 0 radical (unpaired) electrons. The lowest BCUT2D eigenvalue weighted by atomic mass is 10.0. The molecule has 2 fully saturated rings. The van der Waals surface area contributed by atoms with Crippen LogP contribution in [0, 0.1) is 5.92 Å². The highest BCUT2D eigenvalue weighted by Crippen LogP contribution is 2.32. The van der Waals surface area contributed by atoms with E-state index in [1.165, 1.54) is 16.9 Å². The van der Waals surface area contributed by atoms with Crippen LogP contribution in [0.5, 0.6) is 0 Å². The fourth-order valence-electron chi connectivity index (χ4n) is 4.15. The molecule has 1 amide bonds. The number of nitrogens with zero attached hydrogens (tertiary/aromatic N) is 6. The Kier molecular flexibility index (Phi) is 6.07. The minimum Gasteiger partial charge on any atom is -0.363 e. The second-order valence-corrected chi connectivity index (χ2v) is 9.03. The minimum atomic E-state index is -4.54. The number of nitrogens with one attached hydrogen (secondary N) is 2. The zero-order valence-corrected chi connectivity index (χ0v) is 18.8. The average molecular weight is 496 g/mol. The highest BCUT2D eigenvalue weighted by molar-refractivity contribution is 5.80. The predicted octanol–water partition coefficient (Wildman–Crippen LogP) is 2.36. The lowest BCUT2D eigenvalue weighted by Crippen LogP contribution is -2.46. The Hall–Kier alpha value is -3.29. The fourth-order valence-corrected chi connectivity index (χ4v) is 4.15. The molecule has 3 aromatic heterocycles. The third kappa shape index (κ3) is 5.21. The van der Waals surface area contributed by atoms with E-state index >= 15 is 0 Å². The summed E-state index contributed by atoms with van der Waals surface area (Å²) in [6.45, 7) is 0.883. The summed E-state index contributed by atoms with van der Waals surface area (Å²) in [4.78, 5) is 21.9. The molecule has 0 unspecified atom stereocenters. The molecule has 35 heavy (non-hydrogen) atoms. The molecule has 1 aliphatic heterocycles. The first-order chi connectivity index (χ1) is 16.7. The van der Waals surface area contributed by atoms with E-state index < -0.39 is 24.8 Å². The number of hydrogen-bond acceptors (Lipinski definition) is 8. The van der Waals surface area contributed by atoms with Gasteiger partial charge in [-0.05, 0) is 26.3 Å². The largest absolute Gasteiger partial charge is 0.393 e. The number of piperidine rings is 1. The van der Waals surface area contributed by atoms with E-state index in [0.717, 1.165) is 12.8 Å². The van der Waals surface area contributed by atoms with Gasteiger partial charge in [-0.15, -0.1) is 0 Å². The Morgan fingerprint density at radius 3 is 2.77 bits per heavy atom. The van der Waals surface area contributed by atoms with E-state index in [1.807, 2.05) is 11.9 Å². The van der Waals surface area contributed by atoms with Gasteiger partial charge in [0.25, 0.3) is 0 Å². The first-order valence-corrected chi connectivity index (χ1v) is 11.3. The number of anilines is 1. The van der Waals surface area contributed by atoms with Crippen molar-refractivity contribution in [2.24, 2.45) is 5.92 Å². The fraction of sp³-hybridized carbons (Fsp3) is 0.571. The van der Waals surface area contributed by atoms with Crippen LogP contribution in [-0.2, 0) is 17.8 Å². The van der Waals surface area contributed by atoms with Crippen molar-refractivity contribution in [1.82, 2.24) is 35.0 Å². The van der Waals surface area contributed by atoms with E-state index in [1.54, 1.807) is 0 Å². The third-order valence-corrected chi connectivity index (χ3v) is 6.14. The van der Waals surface area contributed by atoms with E-state index in [-0.39, 0.29) is 59.2 Å². The van der Waals surface area contributed by atoms with Gasteiger partial charge in [0.05, 0.1) is 36.9 Å². The van der Waals surface area contributed by atoms with Crippen LogP contribution in [0.1, 0.15) is 30.7 Å². The number of rotatable bonds is 7. The summed E-state index contributed by atoms with van der Waals surface area (Å²) in [7, 11) is 1.82. The van der Waals surface area contributed by atoms with Crippen molar-refractivity contribution in [3.05, 3.63) is 23.8 Å². The highest BCUT2D eigenvalue weighted by Gasteiger charge is 2.34. The number of carbonyl (C=O) groups excluding carboxylic acids is 1. The third-order valence-electron chi connectivity index (χ3n) is 6.14. The first kappa shape index (κ1) is 23.5. The summed E-state index contributed by atoms with van der Waals surface area (Å²) in [5.41, 5.74) is -0.204. The number of fused-ring (bicyclic) bond motifs is 1. The van der Waals surface area contributed by atoms with Gasteiger partial charge in [0, 0.05) is 24.6 Å². The molecule has 5 rings (SSSR count). The van der Waals surface area contributed by atoms with Gasteiger partial charge in [0.15, 0.2) is 0 Å². The molecule has 0 spiro atoms. The molecule has 14 heteroatoms. The van der Waals surface area contributed by atoms with Crippen molar-refractivity contribution in [3.63, 3.8) is 0 Å².